The fraction of sp³-hybridized carbons (Fsp3) is 0. The van der Waals surface area contributed by atoms with E-state index in [0.29, 0.717) is 21.6 Å². The van der Waals surface area contributed by atoms with E-state index in [2.05, 4.69) is 36.0 Å². The molecule has 3 aromatic rings. The zero-order valence-corrected chi connectivity index (χ0v) is 11.5. The molecule has 100 valence electrons. The lowest BCUT2D eigenvalue weighted by molar-refractivity contribution is 0.431. The molecule has 0 bridgehead atoms. The Hall–Kier alpha value is -2.35. The molecule has 0 amide bonds. The maximum absolute atomic E-state index is 13.2. The second kappa shape index (κ2) is 4.97. The number of aromatic nitrogens is 4. The van der Waals surface area contributed by atoms with Crippen LogP contribution in [0.25, 0.3) is 23.0 Å². The van der Waals surface area contributed by atoms with Gasteiger partial charge in [-0.3, -0.25) is 0 Å². The van der Waals surface area contributed by atoms with Crippen LogP contribution in [0.2, 0.25) is 0 Å². The highest BCUT2D eigenvalue weighted by atomic mass is 79.9. The van der Waals surface area contributed by atoms with Gasteiger partial charge in [-0.1, -0.05) is 5.16 Å². The van der Waals surface area contributed by atoms with E-state index in [4.69, 9.17) is 10.3 Å². The summed E-state index contributed by atoms with van der Waals surface area (Å²) in [6.45, 7) is 0. The quantitative estimate of drug-likeness (QED) is 0.774. The van der Waals surface area contributed by atoms with E-state index in [-0.39, 0.29) is 17.5 Å². The van der Waals surface area contributed by atoms with Crippen molar-refractivity contribution in [3.63, 3.8) is 0 Å². The first-order chi connectivity index (χ1) is 9.65. The van der Waals surface area contributed by atoms with Crippen molar-refractivity contribution in [3.8, 4) is 23.0 Å². The number of benzene rings is 1. The standard InChI is InChI=1S/C12H7BrFN5O/c13-7-5-6(1-2-8(7)14)11-18-12(20-19-11)9-10(15)17-4-3-16-9/h1-5H,(H2,15,17). The molecule has 0 unspecified atom stereocenters. The largest absolute Gasteiger partial charge is 0.382 e. The Morgan fingerprint density at radius 1 is 1.20 bits per heavy atom. The molecule has 0 radical (unpaired) electrons. The molecule has 0 saturated heterocycles. The van der Waals surface area contributed by atoms with Crippen molar-refractivity contribution in [3.05, 3.63) is 40.9 Å². The lowest BCUT2D eigenvalue weighted by Crippen LogP contribution is -1.96. The molecular weight excluding hydrogens is 329 g/mol. The zero-order valence-electron chi connectivity index (χ0n) is 9.92. The van der Waals surface area contributed by atoms with Crippen LogP contribution < -0.4 is 5.73 Å². The first-order valence-electron chi connectivity index (χ1n) is 5.51. The Labute approximate surface area is 121 Å². The van der Waals surface area contributed by atoms with Gasteiger partial charge in [0, 0.05) is 18.0 Å². The van der Waals surface area contributed by atoms with E-state index < -0.39 is 0 Å². The molecule has 3 rings (SSSR count). The number of nitrogen functional groups attached to an aromatic ring is 1. The second-order valence-corrected chi connectivity index (χ2v) is 4.70. The van der Waals surface area contributed by atoms with Gasteiger partial charge in [-0.05, 0) is 34.1 Å². The van der Waals surface area contributed by atoms with Crippen molar-refractivity contribution >= 4 is 21.7 Å². The van der Waals surface area contributed by atoms with Crippen LogP contribution in [0.15, 0.2) is 39.6 Å². The van der Waals surface area contributed by atoms with Gasteiger partial charge in [0.2, 0.25) is 5.82 Å². The Balaban J connectivity index is 2.02. The number of nitrogens with two attached hydrogens (primary N) is 1. The summed E-state index contributed by atoms with van der Waals surface area (Å²) in [5.41, 5.74) is 6.61. The minimum absolute atomic E-state index is 0.158. The summed E-state index contributed by atoms with van der Waals surface area (Å²) in [4.78, 5) is 12.1. The SMILES string of the molecule is Nc1nccnc1-c1nc(-c2ccc(F)c(Br)c2)no1. The van der Waals surface area contributed by atoms with Crippen LogP contribution in [0.5, 0.6) is 0 Å². The van der Waals surface area contributed by atoms with E-state index in [1.807, 2.05) is 0 Å². The van der Waals surface area contributed by atoms with Crippen molar-refractivity contribution in [1.82, 2.24) is 20.1 Å². The number of anilines is 1. The van der Waals surface area contributed by atoms with Crippen LogP contribution in [0.4, 0.5) is 10.2 Å². The van der Waals surface area contributed by atoms with Gasteiger partial charge >= 0.3 is 0 Å². The Bertz CT molecular complexity index is 776. The first-order valence-corrected chi connectivity index (χ1v) is 6.30. The molecule has 0 atom stereocenters. The molecule has 0 saturated carbocycles. The second-order valence-electron chi connectivity index (χ2n) is 3.84. The average molecular weight is 336 g/mol. The summed E-state index contributed by atoms with van der Waals surface area (Å²) >= 11 is 3.10. The highest BCUT2D eigenvalue weighted by Crippen LogP contribution is 2.26. The molecule has 2 aromatic heterocycles. The van der Waals surface area contributed by atoms with Gasteiger partial charge in [-0.25, -0.2) is 14.4 Å². The van der Waals surface area contributed by atoms with E-state index in [0.717, 1.165) is 0 Å². The molecule has 2 N–H and O–H groups in total. The van der Waals surface area contributed by atoms with Crippen LogP contribution in [0.1, 0.15) is 0 Å². The third-order valence-electron chi connectivity index (χ3n) is 2.53. The molecular formula is C12H7BrFN5O. The molecule has 0 aliphatic rings. The number of hydrogen-bond donors (Lipinski definition) is 1. The molecule has 6 nitrogen and oxygen atoms in total. The molecule has 2 heterocycles. The number of halogens is 2. The van der Waals surface area contributed by atoms with Gasteiger partial charge in [-0.2, -0.15) is 4.98 Å². The first kappa shape index (κ1) is 12.7. The van der Waals surface area contributed by atoms with Crippen molar-refractivity contribution in [2.75, 3.05) is 5.73 Å². The van der Waals surface area contributed by atoms with Crippen LogP contribution in [-0.2, 0) is 0 Å². The van der Waals surface area contributed by atoms with E-state index in [9.17, 15) is 4.39 Å². The Morgan fingerprint density at radius 2 is 2.00 bits per heavy atom. The topological polar surface area (TPSA) is 90.7 Å². The minimum Gasteiger partial charge on any atom is -0.382 e. The normalized spacial score (nSPS) is 10.7. The molecule has 0 aliphatic heterocycles. The monoisotopic (exact) mass is 335 g/mol. The average Bonchev–Trinajstić information content (AvgIpc) is 2.92. The third kappa shape index (κ3) is 2.25. The van der Waals surface area contributed by atoms with E-state index in [1.54, 1.807) is 12.1 Å². The molecule has 0 spiro atoms. The molecule has 0 aliphatic carbocycles. The zero-order chi connectivity index (χ0) is 14.1. The van der Waals surface area contributed by atoms with Crippen LogP contribution in [0.3, 0.4) is 0 Å². The summed E-state index contributed by atoms with van der Waals surface area (Å²) in [6, 6.07) is 4.42. The van der Waals surface area contributed by atoms with Gasteiger partial charge in [0.1, 0.15) is 5.82 Å². The highest BCUT2D eigenvalue weighted by molar-refractivity contribution is 9.10. The fourth-order valence-electron chi connectivity index (χ4n) is 1.59. The van der Waals surface area contributed by atoms with Crippen molar-refractivity contribution < 1.29 is 8.91 Å². The lowest BCUT2D eigenvalue weighted by atomic mass is 10.2. The number of hydrogen-bond acceptors (Lipinski definition) is 6. The summed E-state index contributed by atoms with van der Waals surface area (Å²) < 4.78 is 18.6. The van der Waals surface area contributed by atoms with Crippen LogP contribution in [0, 0.1) is 5.82 Å². The molecule has 1 aromatic carbocycles. The van der Waals surface area contributed by atoms with Crippen molar-refractivity contribution in [1.29, 1.82) is 0 Å². The maximum atomic E-state index is 13.2. The molecule has 0 fully saturated rings. The minimum atomic E-state index is -0.365. The fourth-order valence-corrected chi connectivity index (χ4v) is 1.96. The molecule has 20 heavy (non-hydrogen) atoms. The van der Waals surface area contributed by atoms with Crippen molar-refractivity contribution in [2.45, 2.75) is 0 Å². The van der Waals surface area contributed by atoms with Gasteiger partial charge < -0.3 is 10.3 Å². The van der Waals surface area contributed by atoms with Gasteiger partial charge in [0.05, 0.1) is 4.47 Å². The number of rotatable bonds is 2. The Morgan fingerprint density at radius 3 is 2.75 bits per heavy atom. The van der Waals surface area contributed by atoms with Gasteiger partial charge in [-0.15, -0.1) is 0 Å². The summed E-state index contributed by atoms with van der Waals surface area (Å²) in [7, 11) is 0. The van der Waals surface area contributed by atoms with E-state index in [1.165, 1.54) is 18.5 Å². The predicted molar refractivity (Wildman–Crippen MR) is 72.8 cm³/mol. The van der Waals surface area contributed by atoms with Crippen molar-refractivity contribution in [2.24, 2.45) is 0 Å². The number of nitrogens with zero attached hydrogens (tertiary/aromatic N) is 4. The van der Waals surface area contributed by atoms with Gasteiger partial charge in [0.25, 0.3) is 5.89 Å². The smallest absolute Gasteiger partial charge is 0.280 e. The van der Waals surface area contributed by atoms with Crippen LogP contribution in [-0.4, -0.2) is 20.1 Å². The lowest BCUT2D eigenvalue weighted by Gasteiger charge is -1.97. The Kier molecular flexibility index (Phi) is 3.15. The third-order valence-corrected chi connectivity index (χ3v) is 3.14. The maximum Gasteiger partial charge on any atom is 0.280 e. The summed E-state index contributed by atoms with van der Waals surface area (Å²) in [5, 5.41) is 3.82. The van der Waals surface area contributed by atoms with Crippen LogP contribution >= 0.6 is 15.9 Å². The predicted octanol–water partition coefficient (Wildman–Crippen LogP) is 2.68. The molecule has 8 heteroatoms. The van der Waals surface area contributed by atoms with E-state index >= 15 is 0 Å². The summed E-state index contributed by atoms with van der Waals surface area (Å²) in [5.74, 6) is 0.301. The van der Waals surface area contributed by atoms with Gasteiger partial charge in [0.15, 0.2) is 11.5 Å². The highest BCUT2D eigenvalue weighted by Gasteiger charge is 2.15. The summed E-state index contributed by atoms with van der Waals surface area (Å²) in [6.07, 6.45) is 2.94.